The van der Waals surface area contributed by atoms with Crippen molar-refractivity contribution in [1.29, 1.82) is 0 Å². The van der Waals surface area contributed by atoms with Crippen molar-refractivity contribution in [3.05, 3.63) is 12.7 Å². The minimum atomic E-state index is -0.417. The Hall–Kier alpha value is -0.830. The molecule has 0 bridgehead atoms. The molecule has 0 spiro atoms. The molecular formula is C11H21NO2. The first-order valence-electron chi connectivity index (χ1n) is 5.28. The topological polar surface area (TPSA) is 40.5 Å². The monoisotopic (exact) mass is 199 g/mol. The Balaban J connectivity index is 3.90. The van der Waals surface area contributed by atoms with Gasteiger partial charge < -0.3 is 0 Å². The number of unbranched alkanes of at least 4 members (excludes halogenated alkanes) is 1. The molecule has 1 atom stereocenters. The summed E-state index contributed by atoms with van der Waals surface area (Å²) in [6, 6.07) is 0. The average molecular weight is 199 g/mol. The van der Waals surface area contributed by atoms with E-state index >= 15 is 0 Å². The summed E-state index contributed by atoms with van der Waals surface area (Å²) in [7, 11) is 0. The first-order valence-corrected chi connectivity index (χ1v) is 5.28. The molecule has 0 aliphatic rings. The van der Waals surface area contributed by atoms with Gasteiger partial charge in [0.15, 0.2) is 0 Å². The zero-order chi connectivity index (χ0) is 11.0. The van der Waals surface area contributed by atoms with Crippen LogP contribution >= 0.6 is 0 Å². The lowest BCUT2D eigenvalue weighted by atomic mass is 9.99. The summed E-state index contributed by atoms with van der Waals surface area (Å²) >= 11 is 0. The molecule has 82 valence electrons. The molecule has 0 aromatic carbocycles. The van der Waals surface area contributed by atoms with E-state index < -0.39 is 5.91 Å². The quantitative estimate of drug-likeness (QED) is 0.389. The molecule has 0 fully saturated rings. The number of amides is 1. The summed E-state index contributed by atoms with van der Waals surface area (Å²) in [5, 5.41) is 10.1. The van der Waals surface area contributed by atoms with Gasteiger partial charge in [0.05, 0.1) is 6.54 Å². The van der Waals surface area contributed by atoms with Crippen molar-refractivity contribution < 1.29 is 10.0 Å². The van der Waals surface area contributed by atoms with Gasteiger partial charge in [-0.05, 0) is 18.4 Å². The molecule has 0 rings (SSSR count). The number of carbonyl (C=O) groups is 1. The van der Waals surface area contributed by atoms with Crippen molar-refractivity contribution >= 4 is 5.91 Å². The highest BCUT2D eigenvalue weighted by Crippen LogP contribution is 2.13. The van der Waals surface area contributed by atoms with E-state index in [1.165, 1.54) is 0 Å². The summed E-state index contributed by atoms with van der Waals surface area (Å²) < 4.78 is 0. The number of rotatable bonds is 7. The minimum Gasteiger partial charge on any atom is -0.286 e. The molecule has 1 amide bonds. The molecule has 0 heterocycles. The number of hydrogen-bond acceptors (Lipinski definition) is 2. The van der Waals surface area contributed by atoms with Crippen molar-refractivity contribution in [1.82, 2.24) is 5.06 Å². The number of nitrogens with zero attached hydrogens (tertiary/aromatic N) is 1. The number of carbonyl (C=O) groups excluding carboxylic acids is 1. The molecule has 1 unspecified atom stereocenters. The number of hydroxylamine groups is 2. The van der Waals surface area contributed by atoms with Crippen LogP contribution < -0.4 is 0 Å². The summed E-state index contributed by atoms with van der Waals surface area (Å²) in [5.74, 6) is -0.0243. The van der Waals surface area contributed by atoms with E-state index in [1.807, 2.05) is 0 Å². The Morgan fingerprint density at radius 3 is 2.64 bits per heavy atom. The lowest BCUT2D eigenvalue weighted by Gasteiger charge is -2.20. The van der Waals surface area contributed by atoms with Gasteiger partial charge in [0.2, 0.25) is 0 Å². The van der Waals surface area contributed by atoms with E-state index in [-0.39, 0.29) is 0 Å². The van der Waals surface area contributed by atoms with Crippen molar-refractivity contribution in [3.8, 4) is 0 Å². The van der Waals surface area contributed by atoms with Gasteiger partial charge in [0, 0.05) is 0 Å². The van der Waals surface area contributed by atoms with Crippen molar-refractivity contribution in [3.63, 3.8) is 0 Å². The molecule has 3 nitrogen and oxygen atoms in total. The van der Waals surface area contributed by atoms with Crippen LogP contribution in [0.25, 0.3) is 0 Å². The third kappa shape index (κ3) is 5.02. The van der Waals surface area contributed by atoms with Crippen molar-refractivity contribution in [2.24, 2.45) is 5.92 Å². The van der Waals surface area contributed by atoms with Crippen LogP contribution in [0, 0.1) is 5.92 Å². The minimum absolute atomic E-state index is 0.392. The van der Waals surface area contributed by atoms with Gasteiger partial charge >= 0.3 is 0 Å². The smallest absolute Gasteiger partial charge is 0.269 e. The second-order valence-electron chi connectivity index (χ2n) is 3.54. The molecule has 14 heavy (non-hydrogen) atoms. The van der Waals surface area contributed by atoms with Crippen LogP contribution in [-0.4, -0.2) is 22.7 Å². The highest BCUT2D eigenvalue weighted by Gasteiger charge is 2.13. The lowest BCUT2D eigenvalue weighted by Crippen LogP contribution is -2.30. The third-order valence-corrected chi connectivity index (χ3v) is 2.40. The predicted molar refractivity (Wildman–Crippen MR) is 57.0 cm³/mol. The fourth-order valence-electron chi connectivity index (χ4n) is 1.36. The van der Waals surface area contributed by atoms with Crippen LogP contribution in [0.4, 0.5) is 0 Å². The van der Waals surface area contributed by atoms with Gasteiger partial charge in [-0.15, -0.1) is 0 Å². The van der Waals surface area contributed by atoms with Crippen LogP contribution in [0.5, 0.6) is 0 Å². The maximum absolute atomic E-state index is 11.0. The van der Waals surface area contributed by atoms with Gasteiger partial charge in [-0.25, -0.2) is 5.06 Å². The Kier molecular flexibility index (Phi) is 7.11. The Morgan fingerprint density at radius 1 is 1.57 bits per heavy atom. The largest absolute Gasteiger partial charge is 0.286 e. The van der Waals surface area contributed by atoms with Crippen LogP contribution in [0.15, 0.2) is 12.7 Å². The van der Waals surface area contributed by atoms with Gasteiger partial charge in [0.1, 0.15) is 0 Å². The SMILES string of the molecule is C=CC(=O)N(O)CC(CC)CCCC. The van der Waals surface area contributed by atoms with E-state index in [2.05, 4.69) is 20.4 Å². The normalized spacial score (nSPS) is 12.2. The predicted octanol–water partition coefficient (Wildman–Crippen LogP) is 2.61. The third-order valence-electron chi connectivity index (χ3n) is 2.40. The molecule has 0 aromatic rings. The fraction of sp³-hybridized carbons (Fsp3) is 0.727. The second-order valence-corrected chi connectivity index (χ2v) is 3.54. The fourth-order valence-corrected chi connectivity index (χ4v) is 1.36. The van der Waals surface area contributed by atoms with Gasteiger partial charge in [0.25, 0.3) is 5.91 Å². The van der Waals surface area contributed by atoms with Crippen LogP contribution in [-0.2, 0) is 4.79 Å². The van der Waals surface area contributed by atoms with E-state index in [0.717, 1.165) is 36.8 Å². The standard InChI is InChI=1S/C11H21NO2/c1-4-7-8-10(5-2)9-12(14)11(13)6-3/h6,10,14H,3-5,7-9H2,1-2H3. The van der Waals surface area contributed by atoms with Crippen LogP contribution in [0.2, 0.25) is 0 Å². The maximum Gasteiger partial charge on any atom is 0.269 e. The zero-order valence-electron chi connectivity index (χ0n) is 9.20. The summed E-state index contributed by atoms with van der Waals surface area (Å²) in [6.45, 7) is 7.96. The molecule has 0 saturated carbocycles. The molecule has 0 saturated heterocycles. The molecular weight excluding hydrogens is 178 g/mol. The van der Waals surface area contributed by atoms with Crippen LogP contribution in [0.3, 0.4) is 0 Å². The molecule has 0 radical (unpaired) electrons. The summed E-state index contributed by atoms with van der Waals surface area (Å²) in [5.41, 5.74) is 0. The number of hydrogen-bond donors (Lipinski definition) is 1. The molecule has 0 aliphatic heterocycles. The lowest BCUT2D eigenvalue weighted by molar-refractivity contribution is -0.162. The Bertz CT molecular complexity index is 180. The molecule has 1 N–H and O–H groups in total. The second kappa shape index (κ2) is 7.56. The van der Waals surface area contributed by atoms with Gasteiger partial charge in [-0.1, -0.05) is 39.7 Å². The van der Waals surface area contributed by atoms with Gasteiger partial charge in [-0.2, -0.15) is 0 Å². The molecule has 0 aromatic heterocycles. The summed E-state index contributed by atoms with van der Waals surface area (Å²) in [4.78, 5) is 11.0. The van der Waals surface area contributed by atoms with E-state index in [0.29, 0.717) is 12.5 Å². The Morgan fingerprint density at radius 2 is 2.21 bits per heavy atom. The first-order chi connectivity index (χ1) is 6.65. The maximum atomic E-state index is 11.0. The molecule has 0 aliphatic carbocycles. The highest BCUT2D eigenvalue weighted by molar-refractivity contribution is 5.85. The van der Waals surface area contributed by atoms with Gasteiger partial charge in [-0.3, -0.25) is 10.0 Å². The first kappa shape index (κ1) is 13.2. The van der Waals surface area contributed by atoms with Crippen molar-refractivity contribution in [2.45, 2.75) is 39.5 Å². The average Bonchev–Trinajstić information content (AvgIpc) is 2.22. The van der Waals surface area contributed by atoms with Crippen molar-refractivity contribution in [2.75, 3.05) is 6.54 Å². The van der Waals surface area contributed by atoms with E-state index in [1.54, 1.807) is 0 Å². The Labute approximate surface area is 86.4 Å². The van der Waals surface area contributed by atoms with Crippen LogP contribution in [0.1, 0.15) is 39.5 Å². The van der Waals surface area contributed by atoms with E-state index in [9.17, 15) is 10.0 Å². The zero-order valence-corrected chi connectivity index (χ0v) is 9.20. The van der Waals surface area contributed by atoms with E-state index in [4.69, 9.17) is 0 Å². The summed E-state index contributed by atoms with van der Waals surface area (Å²) in [6.07, 6.45) is 5.48. The highest BCUT2D eigenvalue weighted by atomic mass is 16.5. The molecule has 3 heteroatoms.